The van der Waals surface area contributed by atoms with Crippen molar-refractivity contribution in [1.82, 2.24) is 15.7 Å². The molecule has 4 rings (SSSR count). The molecule has 1 heterocycles. The third-order valence-electron chi connectivity index (χ3n) is 4.44. The molecule has 0 bridgehead atoms. The van der Waals surface area contributed by atoms with Gasteiger partial charge in [-0.3, -0.25) is 14.7 Å². The first-order chi connectivity index (χ1) is 11.8. The van der Waals surface area contributed by atoms with E-state index < -0.39 is 0 Å². The van der Waals surface area contributed by atoms with Gasteiger partial charge < -0.3 is 0 Å². The molecule has 0 saturated heterocycles. The zero-order valence-electron chi connectivity index (χ0n) is 13.3. The molecule has 122 valence electrons. The van der Waals surface area contributed by atoms with Gasteiger partial charge in [0.15, 0.2) is 0 Å². The molecule has 0 atom stereocenters. The zero-order chi connectivity index (χ0) is 16.4. The van der Waals surface area contributed by atoms with Crippen LogP contribution in [0.25, 0.3) is 10.9 Å². The summed E-state index contributed by atoms with van der Waals surface area (Å²) < 4.78 is 0. The lowest BCUT2D eigenvalue weighted by Crippen LogP contribution is -2.24. The summed E-state index contributed by atoms with van der Waals surface area (Å²) in [5, 5.41) is 8.31. The standard InChI is InChI=1S/C19H19N3O2/c23-19(14-4-2-1-3-5-14)22-24-11-10-16-15(13-6-7-13)8-9-18-17(16)12-20-21-18/h1-5,8-9,12-13H,6-7,10-11H2,(H,20,21)(H,22,23). The van der Waals surface area contributed by atoms with Gasteiger partial charge in [0.25, 0.3) is 5.91 Å². The SMILES string of the molecule is O=C(NOCCc1c(C2CC2)ccc2[nH]ncc12)c1ccccc1. The van der Waals surface area contributed by atoms with Crippen LogP contribution in [0, 0.1) is 0 Å². The Morgan fingerprint density at radius 1 is 1.21 bits per heavy atom. The molecule has 2 N–H and O–H groups in total. The van der Waals surface area contributed by atoms with Crippen LogP contribution in [0.15, 0.2) is 48.7 Å². The van der Waals surface area contributed by atoms with Gasteiger partial charge in [-0.15, -0.1) is 0 Å². The number of amides is 1. The van der Waals surface area contributed by atoms with E-state index in [1.165, 1.54) is 24.0 Å². The van der Waals surface area contributed by atoms with Crippen LogP contribution in [-0.4, -0.2) is 22.7 Å². The van der Waals surface area contributed by atoms with Crippen molar-refractivity contribution in [2.24, 2.45) is 0 Å². The number of hydrogen-bond donors (Lipinski definition) is 2. The molecule has 3 aromatic rings. The number of aromatic amines is 1. The molecule has 1 amide bonds. The second kappa shape index (κ2) is 6.45. The fraction of sp³-hybridized carbons (Fsp3) is 0.263. The molecule has 1 aliphatic carbocycles. The number of carbonyl (C=O) groups is 1. The van der Waals surface area contributed by atoms with Crippen molar-refractivity contribution >= 4 is 16.8 Å². The van der Waals surface area contributed by atoms with Crippen molar-refractivity contribution in [2.75, 3.05) is 6.61 Å². The summed E-state index contributed by atoms with van der Waals surface area (Å²) in [5.74, 6) is 0.442. The van der Waals surface area contributed by atoms with Crippen molar-refractivity contribution in [2.45, 2.75) is 25.2 Å². The fourth-order valence-corrected chi connectivity index (χ4v) is 3.07. The molecule has 5 heteroatoms. The minimum atomic E-state index is -0.223. The summed E-state index contributed by atoms with van der Waals surface area (Å²) in [6.07, 6.45) is 5.13. The van der Waals surface area contributed by atoms with Crippen LogP contribution < -0.4 is 5.48 Å². The molecule has 5 nitrogen and oxygen atoms in total. The summed E-state index contributed by atoms with van der Waals surface area (Å²) in [6.45, 7) is 0.433. The zero-order valence-corrected chi connectivity index (χ0v) is 13.3. The maximum Gasteiger partial charge on any atom is 0.274 e. The maximum atomic E-state index is 12.0. The minimum Gasteiger partial charge on any atom is -0.278 e. The average Bonchev–Trinajstić information content (AvgIpc) is 3.35. The first-order valence-electron chi connectivity index (χ1n) is 8.25. The van der Waals surface area contributed by atoms with E-state index in [1.807, 2.05) is 24.4 Å². The summed E-state index contributed by atoms with van der Waals surface area (Å²) >= 11 is 0. The first kappa shape index (κ1) is 14.9. The van der Waals surface area contributed by atoms with E-state index in [2.05, 4.69) is 27.8 Å². The van der Waals surface area contributed by atoms with Gasteiger partial charge in [0, 0.05) is 10.9 Å². The molecule has 0 aliphatic heterocycles. The van der Waals surface area contributed by atoms with Crippen molar-refractivity contribution in [3.63, 3.8) is 0 Å². The molecule has 24 heavy (non-hydrogen) atoms. The summed E-state index contributed by atoms with van der Waals surface area (Å²) in [7, 11) is 0. The lowest BCUT2D eigenvalue weighted by atomic mass is 9.97. The Kier molecular flexibility index (Phi) is 4.01. The van der Waals surface area contributed by atoms with Crippen molar-refractivity contribution in [1.29, 1.82) is 0 Å². The Labute approximate surface area is 140 Å². The molecule has 2 aromatic carbocycles. The minimum absolute atomic E-state index is 0.223. The quantitative estimate of drug-likeness (QED) is 0.540. The van der Waals surface area contributed by atoms with Gasteiger partial charge in [0.1, 0.15) is 0 Å². The largest absolute Gasteiger partial charge is 0.278 e. The predicted molar refractivity (Wildman–Crippen MR) is 91.6 cm³/mol. The molecule has 0 radical (unpaired) electrons. The second-order valence-corrected chi connectivity index (χ2v) is 6.13. The van der Waals surface area contributed by atoms with Gasteiger partial charge in [-0.25, -0.2) is 5.48 Å². The Hall–Kier alpha value is -2.66. The Morgan fingerprint density at radius 2 is 2.04 bits per heavy atom. The number of aromatic nitrogens is 2. The number of benzene rings is 2. The molecular formula is C19H19N3O2. The fourth-order valence-electron chi connectivity index (χ4n) is 3.07. The molecular weight excluding hydrogens is 302 g/mol. The highest BCUT2D eigenvalue weighted by atomic mass is 16.6. The van der Waals surface area contributed by atoms with Crippen molar-refractivity contribution < 1.29 is 9.63 Å². The normalized spacial score (nSPS) is 14.0. The van der Waals surface area contributed by atoms with Gasteiger partial charge >= 0.3 is 0 Å². The predicted octanol–water partition coefficient (Wildman–Crippen LogP) is 3.34. The number of hydrogen-bond acceptors (Lipinski definition) is 3. The van der Waals surface area contributed by atoms with Crippen LogP contribution >= 0.6 is 0 Å². The molecule has 1 aromatic heterocycles. The van der Waals surface area contributed by atoms with E-state index in [-0.39, 0.29) is 5.91 Å². The average molecular weight is 321 g/mol. The smallest absolute Gasteiger partial charge is 0.274 e. The highest BCUT2D eigenvalue weighted by molar-refractivity contribution is 5.93. The molecule has 1 aliphatic rings. The lowest BCUT2D eigenvalue weighted by Gasteiger charge is -2.11. The monoisotopic (exact) mass is 321 g/mol. The molecule has 0 spiro atoms. The number of hydroxylamine groups is 1. The van der Waals surface area contributed by atoms with Crippen LogP contribution in [0.5, 0.6) is 0 Å². The third-order valence-corrected chi connectivity index (χ3v) is 4.44. The van der Waals surface area contributed by atoms with Gasteiger partial charge in [0.05, 0.1) is 18.3 Å². The molecule has 1 saturated carbocycles. The van der Waals surface area contributed by atoms with Crippen LogP contribution in [0.1, 0.15) is 40.2 Å². The van der Waals surface area contributed by atoms with E-state index >= 15 is 0 Å². The first-order valence-corrected chi connectivity index (χ1v) is 8.25. The number of nitrogens with zero attached hydrogens (tertiary/aromatic N) is 1. The molecule has 1 fully saturated rings. The third kappa shape index (κ3) is 3.03. The van der Waals surface area contributed by atoms with Crippen molar-refractivity contribution in [3.8, 4) is 0 Å². The van der Waals surface area contributed by atoms with E-state index in [0.29, 0.717) is 18.1 Å². The van der Waals surface area contributed by atoms with Gasteiger partial charge in [-0.2, -0.15) is 5.10 Å². The van der Waals surface area contributed by atoms with Gasteiger partial charge in [-0.05, 0) is 54.5 Å². The molecule has 0 unspecified atom stereocenters. The van der Waals surface area contributed by atoms with Gasteiger partial charge in [0.2, 0.25) is 0 Å². The number of H-pyrrole nitrogens is 1. The van der Waals surface area contributed by atoms with Crippen LogP contribution in [-0.2, 0) is 11.3 Å². The number of carbonyl (C=O) groups excluding carboxylic acids is 1. The lowest BCUT2D eigenvalue weighted by molar-refractivity contribution is 0.0324. The topological polar surface area (TPSA) is 67.0 Å². The maximum absolute atomic E-state index is 12.0. The van der Waals surface area contributed by atoms with E-state index in [9.17, 15) is 4.79 Å². The number of nitrogens with one attached hydrogen (secondary N) is 2. The number of rotatable bonds is 6. The van der Waals surface area contributed by atoms with Crippen LogP contribution in [0.4, 0.5) is 0 Å². The van der Waals surface area contributed by atoms with E-state index in [0.717, 1.165) is 17.3 Å². The van der Waals surface area contributed by atoms with Crippen LogP contribution in [0.2, 0.25) is 0 Å². The summed E-state index contributed by atoms with van der Waals surface area (Å²) in [6, 6.07) is 13.3. The van der Waals surface area contributed by atoms with Crippen LogP contribution in [0.3, 0.4) is 0 Å². The van der Waals surface area contributed by atoms with E-state index in [4.69, 9.17) is 4.84 Å². The Morgan fingerprint density at radius 3 is 2.83 bits per heavy atom. The highest BCUT2D eigenvalue weighted by Crippen LogP contribution is 2.43. The number of fused-ring (bicyclic) bond motifs is 1. The van der Waals surface area contributed by atoms with Crippen molar-refractivity contribution in [3.05, 3.63) is 65.4 Å². The Balaban J connectivity index is 1.41. The second-order valence-electron chi connectivity index (χ2n) is 6.13. The highest BCUT2D eigenvalue weighted by Gasteiger charge is 2.26. The van der Waals surface area contributed by atoms with Gasteiger partial charge in [-0.1, -0.05) is 24.3 Å². The summed E-state index contributed by atoms with van der Waals surface area (Å²) in [4.78, 5) is 17.4. The summed E-state index contributed by atoms with van der Waals surface area (Å²) in [5.41, 5.74) is 6.81. The Bertz CT molecular complexity index is 853. The van der Waals surface area contributed by atoms with E-state index in [1.54, 1.807) is 12.1 Å².